The third kappa shape index (κ3) is 2.23. The van der Waals surface area contributed by atoms with Gasteiger partial charge in [-0.2, -0.15) is 0 Å². The SMILES string of the molecule is N=c1c(C(N)=O)cc(Cl)cn1[C@H]1C[C@@H]1c1ccccc1. The molecule has 1 aromatic carbocycles. The number of aromatic nitrogens is 1. The highest BCUT2D eigenvalue weighted by molar-refractivity contribution is 6.30. The van der Waals surface area contributed by atoms with Gasteiger partial charge in [-0.25, -0.2) is 0 Å². The van der Waals surface area contributed by atoms with Crippen LogP contribution in [0, 0.1) is 5.41 Å². The number of nitrogens with two attached hydrogens (primary N) is 1. The van der Waals surface area contributed by atoms with Crippen molar-refractivity contribution in [3.63, 3.8) is 0 Å². The number of pyridine rings is 1. The molecule has 1 amide bonds. The molecule has 0 aliphatic heterocycles. The Morgan fingerprint density at radius 2 is 2.05 bits per heavy atom. The van der Waals surface area contributed by atoms with Crippen LogP contribution in [0.25, 0.3) is 0 Å². The zero-order chi connectivity index (χ0) is 14.3. The van der Waals surface area contributed by atoms with Crippen LogP contribution in [0.3, 0.4) is 0 Å². The largest absolute Gasteiger partial charge is 0.365 e. The van der Waals surface area contributed by atoms with Gasteiger partial charge in [0, 0.05) is 18.2 Å². The minimum Gasteiger partial charge on any atom is -0.365 e. The quantitative estimate of drug-likeness (QED) is 0.894. The van der Waals surface area contributed by atoms with Gasteiger partial charge >= 0.3 is 0 Å². The third-order valence-corrected chi connectivity index (χ3v) is 3.87. The topological polar surface area (TPSA) is 71.9 Å². The molecule has 0 spiro atoms. The van der Waals surface area contributed by atoms with E-state index in [1.54, 1.807) is 10.8 Å². The molecule has 0 radical (unpaired) electrons. The lowest BCUT2D eigenvalue weighted by Crippen LogP contribution is -2.29. The second-order valence-electron chi connectivity index (χ2n) is 5.01. The predicted octanol–water partition coefficient (Wildman–Crippen LogP) is 2.45. The minimum atomic E-state index is -0.622. The lowest BCUT2D eigenvalue weighted by atomic mass is 10.1. The van der Waals surface area contributed by atoms with Crippen LogP contribution < -0.4 is 11.2 Å². The summed E-state index contributed by atoms with van der Waals surface area (Å²) in [4.78, 5) is 11.4. The number of nitrogens with zero attached hydrogens (tertiary/aromatic N) is 1. The third-order valence-electron chi connectivity index (χ3n) is 3.67. The van der Waals surface area contributed by atoms with Gasteiger partial charge in [0.05, 0.1) is 10.6 Å². The Morgan fingerprint density at radius 3 is 2.70 bits per heavy atom. The van der Waals surface area contributed by atoms with Crippen LogP contribution in [0.2, 0.25) is 5.02 Å². The molecule has 20 heavy (non-hydrogen) atoms. The molecule has 4 nitrogen and oxygen atoms in total. The first-order valence-corrected chi connectivity index (χ1v) is 6.76. The summed E-state index contributed by atoms with van der Waals surface area (Å²) in [5.41, 5.74) is 6.82. The fourth-order valence-electron chi connectivity index (χ4n) is 2.58. The van der Waals surface area contributed by atoms with Crippen LogP contribution in [0.15, 0.2) is 42.6 Å². The Labute approximate surface area is 121 Å². The highest BCUT2D eigenvalue weighted by Gasteiger charge is 2.40. The second-order valence-corrected chi connectivity index (χ2v) is 5.45. The van der Waals surface area contributed by atoms with Crippen LogP contribution in [0.5, 0.6) is 0 Å². The van der Waals surface area contributed by atoms with E-state index in [1.165, 1.54) is 11.6 Å². The van der Waals surface area contributed by atoms with Crippen molar-refractivity contribution in [2.75, 3.05) is 0 Å². The Balaban J connectivity index is 1.97. The van der Waals surface area contributed by atoms with Crippen LogP contribution in [-0.2, 0) is 0 Å². The van der Waals surface area contributed by atoms with Crippen molar-refractivity contribution in [2.45, 2.75) is 18.4 Å². The maximum atomic E-state index is 11.4. The molecule has 5 heteroatoms. The number of primary amides is 1. The van der Waals surface area contributed by atoms with Crippen molar-refractivity contribution in [1.82, 2.24) is 4.57 Å². The monoisotopic (exact) mass is 287 g/mol. The fourth-order valence-corrected chi connectivity index (χ4v) is 2.79. The number of carbonyl (C=O) groups excluding carboxylic acids is 1. The molecule has 1 aliphatic carbocycles. The normalized spacial score (nSPS) is 20.6. The highest BCUT2D eigenvalue weighted by Crippen LogP contribution is 2.50. The van der Waals surface area contributed by atoms with E-state index in [0.717, 1.165) is 6.42 Å². The van der Waals surface area contributed by atoms with Crippen LogP contribution in [0.4, 0.5) is 0 Å². The maximum Gasteiger partial charge on any atom is 0.252 e. The van der Waals surface area contributed by atoms with Gasteiger partial charge in [0.1, 0.15) is 5.49 Å². The summed E-state index contributed by atoms with van der Waals surface area (Å²) in [7, 11) is 0. The molecule has 0 saturated heterocycles. The minimum absolute atomic E-state index is 0.130. The smallest absolute Gasteiger partial charge is 0.252 e. The van der Waals surface area contributed by atoms with Crippen molar-refractivity contribution in [3.8, 4) is 0 Å². The molecule has 3 N–H and O–H groups in total. The molecular weight excluding hydrogens is 274 g/mol. The predicted molar refractivity (Wildman–Crippen MR) is 76.7 cm³/mol. The summed E-state index contributed by atoms with van der Waals surface area (Å²) in [5, 5.41) is 8.52. The molecule has 3 rings (SSSR count). The van der Waals surface area contributed by atoms with Gasteiger partial charge in [-0.05, 0) is 18.1 Å². The summed E-state index contributed by atoms with van der Waals surface area (Å²) in [5.74, 6) is -0.257. The van der Waals surface area contributed by atoms with E-state index in [4.69, 9.17) is 22.7 Å². The number of hydrogen-bond acceptors (Lipinski definition) is 2. The molecule has 1 heterocycles. The summed E-state index contributed by atoms with van der Waals surface area (Å²) < 4.78 is 1.75. The molecule has 1 aliphatic rings. The summed E-state index contributed by atoms with van der Waals surface area (Å²) >= 11 is 6.02. The van der Waals surface area contributed by atoms with E-state index in [9.17, 15) is 4.79 Å². The van der Waals surface area contributed by atoms with Gasteiger partial charge in [0.25, 0.3) is 5.91 Å². The molecular formula is C15H14ClN3O. The van der Waals surface area contributed by atoms with Crippen LogP contribution >= 0.6 is 11.6 Å². The van der Waals surface area contributed by atoms with Crippen LogP contribution in [-0.4, -0.2) is 10.5 Å². The summed E-state index contributed by atoms with van der Waals surface area (Å²) in [6.07, 6.45) is 2.64. The first-order chi connectivity index (χ1) is 9.58. The fraction of sp³-hybridized carbons (Fsp3) is 0.200. The lowest BCUT2D eigenvalue weighted by molar-refractivity contribution is 0.0997. The first-order valence-electron chi connectivity index (χ1n) is 6.39. The van der Waals surface area contributed by atoms with E-state index in [1.807, 2.05) is 18.2 Å². The van der Waals surface area contributed by atoms with Crippen molar-refractivity contribution >= 4 is 17.5 Å². The summed E-state index contributed by atoms with van der Waals surface area (Å²) in [6.45, 7) is 0. The standard InChI is InChI=1S/C15H14ClN3O/c16-10-6-12(15(18)20)14(17)19(8-10)13-7-11(13)9-4-2-1-3-5-9/h1-6,8,11,13,17H,7H2,(H2,18,20)/t11-,13+/m1/s1. The van der Waals surface area contributed by atoms with Gasteiger partial charge in [-0.3, -0.25) is 10.2 Å². The van der Waals surface area contributed by atoms with E-state index in [0.29, 0.717) is 10.9 Å². The maximum absolute atomic E-state index is 11.4. The first kappa shape index (κ1) is 12.9. The van der Waals surface area contributed by atoms with E-state index >= 15 is 0 Å². The Hall–Kier alpha value is -2.07. The van der Waals surface area contributed by atoms with Crippen molar-refractivity contribution in [2.24, 2.45) is 5.73 Å². The number of nitrogens with one attached hydrogen (secondary N) is 1. The average molecular weight is 288 g/mol. The van der Waals surface area contributed by atoms with Gasteiger partial charge in [0.2, 0.25) is 0 Å². The Morgan fingerprint density at radius 1 is 1.35 bits per heavy atom. The number of rotatable bonds is 3. The number of amides is 1. The molecule has 2 aromatic rings. The number of benzene rings is 1. The van der Waals surface area contributed by atoms with E-state index in [2.05, 4.69) is 12.1 Å². The zero-order valence-corrected chi connectivity index (χ0v) is 11.5. The van der Waals surface area contributed by atoms with Gasteiger partial charge < -0.3 is 10.3 Å². The van der Waals surface area contributed by atoms with Gasteiger partial charge in [-0.1, -0.05) is 41.9 Å². The van der Waals surface area contributed by atoms with Crippen molar-refractivity contribution in [3.05, 3.63) is 64.2 Å². The van der Waals surface area contributed by atoms with E-state index < -0.39 is 5.91 Å². The molecule has 0 bridgehead atoms. The zero-order valence-electron chi connectivity index (χ0n) is 10.7. The molecule has 0 unspecified atom stereocenters. The molecule has 102 valence electrons. The molecule has 1 aromatic heterocycles. The molecule has 1 fully saturated rings. The Kier molecular flexibility index (Phi) is 3.10. The van der Waals surface area contributed by atoms with Crippen molar-refractivity contribution in [1.29, 1.82) is 5.41 Å². The van der Waals surface area contributed by atoms with Gasteiger partial charge in [-0.15, -0.1) is 0 Å². The van der Waals surface area contributed by atoms with Crippen LogP contribution in [0.1, 0.15) is 34.3 Å². The summed E-state index contributed by atoms with van der Waals surface area (Å²) in [6, 6.07) is 11.8. The molecule has 2 atom stereocenters. The second kappa shape index (κ2) is 4.80. The average Bonchev–Trinajstić information content (AvgIpc) is 3.22. The number of halogens is 1. The Bertz CT molecular complexity index is 724. The van der Waals surface area contributed by atoms with Gasteiger partial charge in [0.15, 0.2) is 0 Å². The van der Waals surface area contributed by atoms with Crippen molar-refractivity contribution < 1.29 is 4.79 Å². The number of hydrogen-bond donors (Lipinski definition) is 2. The number of carbonyl (C=O) groups is 1. The lowest BCUT2D eigenvalue weighted by Gasteiger charge is -2.10. The van der Waals surface area contributed by atoms with E-state index in [-0.39, 0.29) is 17.1 Å². The highest BCUT2D eigenvalue weighted by atomic mass is 35.5. The molecule has 1 saturated carbocycles.